The second-order valence-corrected chi connectivity index (χ2v) is 6.61. The smallest absolute Gasteiger partial charge is 0.243 e. The van der Waals surface area contributed by atoms with Crippen molar-refractivity contribution in [3.8, 4) is 0 Å². The van der Waals surface area contributed by atoms with Gasteiger partial charge in [0, 0.05) is 23.5 Å². The van der Waals surface area contributed by atoms with Gasteiger partial charge in [0.05, 0.1) is 0 Å². The number of likely N-dealkylation sites (tertiary alicyclic amines) is 1. The SMILES string of the molecule is CC(C)C(=O)N1CCC[C@@H]1C(=O)NCc1cccc(Br)c1. The molecular weight excluding hydrogens is 332 g/mol. The molecule has 4 nitrogen and oxygen atoms in total. The van der Waals surface area contributed by atoms with Crippen LogP contribution < -0.4 is 5.32 Å². The van der Waals surface area contributed by atoms with Crippen LogP contribution in [0.15, 0.2) is 28.7 Å². The number of nitrogens with one attached hydrogen (secondary N) is 1. The van der Waals surface area contributed by atoms with Gasteiger partial charge in [-0.05, 0) is 30.5 Å². The van der Waals surface area contributed by atoms with Crippen LogP contribution in [0.4, 0.5) is 0 Å². The molecule has 1 aromatic carbocycles. The predicted molar refractivity (Wildman–Crippen MR) is 85.6 cm³/mol. The average Bonchev–Trinajstić information content (AvgIpc) is 2.93. The van der Waals surface area contributed by atoms with Crippen LogP contribution in [0.1, 0.15) is 32.3 Å². The zero-order chi connectivity index (χ0) is 15.4. The number of halogens is 1. The first-order valence-corrected chi connectivity index (χ1v) is 8.11. The van der Waals surface area contributed by atoms with Gasteiger partial charge in [-0.25, -0.2) is 0 Å². The summed E-state index contributed by atoms with van der Waals surface area (Å²) in [5, 5.41) is 2.94. The number of carbonyl (C=O) groups excluding carboxylic acids is 2. The maximum atomic E-state index is 12.3. The van der Waals surface area contributed by atoms with Crippen molar-refractivity contribution in [1.82, 2.24) is 10.2 Å². The van der Waals surface area contributed by atoms with Gasteiger partial charge in [-0.15, -0.1) is 0 Å². The highest BCUT2D eigenvalue weighted by molar-refractivity contribution is 9.10. The summed E-state index contributed by atoms with van der Waals surface area (Å²) >= 11 is 3.41. The molecule has 0 bridgehead atoms. The van der Waals surface area contributed by atoms with E-state index in [0.29, 0.717) is 13.1 Å². The van der Waals surface area contributed by atoms with Crippen LogP contribution in [0, 0.1) is 5.92 Å². The van der Waals surface area contributed by atoms with E-state index in [1.54, 1.807) is 4.90 Å². The van der Waals surface area contributed by atoms with Crippen molar-refractivity contribution in [1.29, 1.82) is 0 Å². The van der Waals surface area contributed by atoms with Gasteiger partial charge >= 0.3 is 0 Å². The topological polar surface area (TPSA) is 49.4 Å². The normalized spacial score (nSPS) is 18.1. The lowest BCUT2D eigenvalue weighted by atomic mass is 10.1. The Hall–Kier alpha value is -1.36. The first-order chi connectivity index (χ1) is 9.99. The molecule has 0 spiro atoms. The fraction of sp³-hybridized carbons (Fsp3) is 0.500. The van der Waals surface area contributed by atoms with Crippen molar-refractivity contribution in [2.24, 2.45) is 5.92 Å². The number of hydrogen-bond acceptors (Lipinski definition) is 2. The Bertz CT molecular complexity index is 531. The van der Waals surface area contributed by atoms with Crippen LogP contribution in [-0.2, 0) is 16.1 Å². The lowest BCUT2D eigenvalue weighted by molar-refractivity contribution is -0.140. The molecule has 21 heavy (non-hydrogen) atoms. The first-order valence-electron chi connectivity index (χ1n) is 7.31. The molecule has 1 aliphatic rings. The minimum atomic E-state index is -0.313. The second kappa shape index (κ2) is 7.07. The molecule has 1 aromatic rings. The van der Waals surface area contributed by atoms with Gasteiger partial charge in [-0.3, -0.25) is 9.59 Å². The van der Waals surface area contributed by atoms with E-state index < -0.39 is 0 Å². The zero-order valence-electron chi connectivity index (χ0n) is 12.4. The fourth-order valence-electron chi connectivity index (χ4n) is 2.59. The van der Waals surface area contributed by atoms with Crippen LogP contribution in [0.3, 0.4) is 0 Å². The molecule has 1 aliphatic heterocycles. The predicted octanol–water partition coefficient (Wildman–Crippen LogP) is 2.71. The Labute approximate surface area is 134 Å². The average molecular weight is 353 g/mol. The summed E-state index contributed by atoms with van der Waals surface area (Å²) in [5.41, 5.74) is 1.04. The Morgan fingerprint density at radius 1 is 1.43 bits per heavy atom. The molecule has 1 N–H and O–H groups in total. The van der Waals surface area contributed by atoms with Gasteiger partial charge in [0.2, 0.25) is 11.8 Å². The summed E-state index contributed by atoms with van der Waals surface area (Å²) in [6.07, 6.45) is 1.65. The Morgan fingerprint density at radius 2 is 2.19 bits per heavy atom. The molecule has 1 atom stereocenters. The van der Waals surface area contributed by atoms with Crippen LogP contribution in [-0.4, -0.2) is 29.3 Å². The molecule has 0 aromatic heterocycles. The minimum absolute atomic E-state index is 0.0542. The highest BCUT2D eigenvalue weighted by Gasteiger charge is 2.34. The van der Waals surface area contributed by atoms with Crippen LogP contribution in [0.2, 0.25) is 0 Å². The lowest BCUT2D eigenvalue weighted by Crippen LogP contribution is -2.47. The summed E-state index contributed by atoms with van der Waals surface area (Å²) in [7, 11) is 0. The monoisotopic (exact) mass is 352 g/mol. The zero-order valence-corrected chi connectivity index (χ0v) is 14.0. The first kappa shape index (κ1) is 16.0. The van der Waals surface area contributed by atoms with Gasteiger partial charge in [0.1, 0.15) is 6.04 Å². The largest absolute Gasteiger partial charge is 0.350 e. The molecule has 1 fully saturated rings. The maximum Gasteiger partial charge on any atom is 0.243 e. The summed E-state index contributed by atoms with van der Waals surface area (Å²) in [6.45, 7) is 4.92. The minimum Gasteiger partial charge on any atom is -0.350 e. The molecule has 0 saturated carbocycles. The number of benzene rings is 1. The van der Waals surface area contributed by atoms with E-state index in [9.17, 15) is 9.59 Å². The van der Waals surface area contributed by atoms with E-state index in [0.717, 1.165) is 22.9 Å². The van der Waals surface area contributed by atoms with Crippen molar-refractivity contribution in [3.05, 3.63) is 34.3 Å². The van der Waals surface area contributed by atoms with Gasteiger partial charge < -0.3 is 10.2 Å². The fourth-order valence-corrected chi connectivity index (χ4v) is 3.04. The Balaban J connectivity index is 1.95. The molecule has 0 unspecified atom stereocenters. The Morgan fingerprint density at radius 3 is 2.86 bits per heavy atom. The van der Waals surface area contributed by atoms with Crippen molar-refractivity contribution < 1.29 is 9.59 Å². The summed E-state index contributed by atoms with van der Waals surface area (Å²) < 4.78 is 0.992. The van der Waals surface area contributed by atoms with Gasteiger partial charge in [0.15, 0.2) is 0 Å². The van der Waals surface area contributed by atoms with E-state index in [2.05, 4.69) is 21.2 Å². The van der Waals surface area contributed by atoms with Gasteiger partial charge in [0.25, 0.3) is 0 Å². The number of hydrogen-bond donors (Lipinski definition) is 1. The summed E-state index contributed by atoms with van der Waals surface area (Å²) in [5.74, 6) is -0.0555. The van der Waals surface area contributed by atoms with Gasteiger partial charge in [-0.2, -0.15) is 0 Å². The standard InChI is InChI=1S/C16H21BrN2O2/c1-11(2)16(21)19-8-4-7-14(19)15(20)18-10-12-5-3-6-13(17)9-12/h3,5-6,9,11,14H,4,7-8,10H2,1-2H3,(H,18,20)/t14-/m1/s1. The number of rotatable bonds is 4. The van der Waals surface area contributed by atoms with Crippen molar-refractivity contribution in [3.63, 3.8) is 0 Å². The van der Waals surface area contributed by atoms with Crippen molar-refractivity contribution >= 4 is 27.7 Å². The van der Waals surface area contributed by atoms with Gasteiger partial charge in [-0.1, -0.05) is 41.9 Å². The number of nitrogens with zero attached hydrogens (tertiary/aromatic N) is 1. The summed E-state index contributed by atoms with van der Waals surface area (Å²) in [4.78, 5) is 26.2. The molecule has 2 amide bonds. The second-order valence-electron chi connectivity index (χ2n) is 5.69. The third kappa shape index (κ3) is 4.06. The highest BCUT2D eigenvalue weighted by atomic mass is 79.9. The maximum absolute atomic E-state index is 12.3. The third-order valence-electron chi connectivity index (χ3n) is 3.69. The third-order valence-corrected chi connectivity index (χ3v) is 4.18. The highest BCUT2D eigenvalue weighted by Crippen LogP contribution is 2.20. The molecule has 0 radical (unpaired) electrons. The van der Waals surface area contributed by atoms with Crippen LogP contribution in [0.25, 0.3) is 0 Å². The summed E-state index contributed by atoms with van der Waals surface area (Å²) in [6, 6.07) is 7.52. The molecule has 0 aliphatic carbocycles. The molecule has 1 saturated heterocycles. The number of carbonyl (C=O) groups is 2. The lowest BCUT2D eigenvalue weighted by Gasteiger charge is -2.25. The van der Waals surface area contributed by atoms with Crippen molar-refractivity contribution in [2.45, 2.75) is 39.3 Å². The van der Waals surface area contributed by atoms with Crippen molar-refractivity contribution in [2.75, 3.05) is 6.54 Å². The quantitative estimate of drug-likeness (QED) is 0.905. The molecule has 2 rings (SSSR count). The Kier molecular flexibility index (Phi) is 5.39. The molecule has 5 heteroatoms. The van der Waals surface area contributed by atoms with Crippen LogP contribution in [0.5, 0.6) is 0 Å². The molecule has 114 valence electrons. The van der Waals surface area contributed by atoms with Crippen LogP contribution >= 0.6 is 15.9 Å². The molecule has 1 heterocycles. The van der Waals surface area contributed by atoms with E-state index in [1.807, 2.05) is 38.1 Å². The van der Waals surface area contributed by atoms with E-state index >= 15 is 0 Å². The van der Waals surface area contributed by atoms with E-state index in [4.69, 9.17) is 0 Å². The van der Waals surface area contributed by atoms with E-state index in [1.165, 1.54) is 0 Å². The molecular formula is C16H21BrN2O2. The van der Waals surface area contributed by atoms with E-state index in [-0.39, 0.29) is 23.8 Å². The number of amides is 2.